The SMILES string of the molecule is CC(C)C(=O)CN1CCN(CC(N)=O)CCN(CC(=O)O)CCN(CC(=O)O)CC1. The van der Waals surface area contributed by atoms with Crippen molar-refractivity contribution in [2.24, 2.45) is 11.7 Å². The predicted molar refractivity (Wildman–Crippen MR) is 110 cm³/mol. The number of hydrogen-bond donors (Lipinski definition) is 3. The quantitative estimate of drug-likeness (QED) is 0.379. The topological polar surface area (TPSA) is 148 Å². The summed E-state index contributed by atoms with van der Waals surface area (Å²) < 4.78 is 0. The van der Waals surface area contributed by atoms with Gasteiger partial charge in [-0.25, -0.2) is 0 Å². The standard InChI is InChI=1S/C19H35N5O6/c1-15(2)16(25)11-21-3-5-22(12-17(20)26)6-8-24(14-19(29)30)10-9-23(7-4-21)13-18(27)28/h15H,3-14H2,1-2H3,(H2,20,26)(H,27,28)(H,29,30). The van der Waals surface area contributed by atoms with Crippen LogP contribution in [0.2, 0.25) is 0 Å². The van der Waals surface area contributed by atoms with Crippen LogP contribution in [-0.2, 0) is 19.2 Å². The van der Waals surface area contributed by atoms with Crippen LogP contribution in [0, 0.1) is 5.92 Å². The molecular formula is C19H35N5O6. The molecule has 4 N–H and O–H groups in total. The summed E-state index contributed by atoms with van der Waals surface area (Å²) in [6.45, 7) is 7.25. The minimum atomic E-state index is -0.966. The van der Waals surface area contributed by atoms with E-state index in [1.54, 1.807) is 9.80 Å². The van der Waals surface area contributed by atoms with Gasteiger partial charge in [0.25, 0.3) is 0 Å². The van der Waals surface area contributed by atoms with Gasteiger partial charge < -0.3 is 15.9 Å². The molecule has 0 aromatic carbocycles. The molecule has 0 aromatic rings. The number of nitrogens with two attached hydrogens (primary N) is 1. The summed E-state index contributed by atoms with van der Waals surface area (Å²) in [7, 11) is 0. The van der Waals surface area contributed by atoms with Crippen molar-refractivity contribution in [3.05, 3.63) is 0 Å². The molecule has 11 nitrogen and oxygen atoms in total. The first kappa shape index (κ1) is 26.0. The van der Waals surface area contributed by atoms with Gasteiger partial charge in [-0.3, -0.25) is 38.8 Å². The second-order valence-electron chi connectivity index (χ2n) is 7.98. The molecule has 1 aliphatic rings. The van der Waals surface area contributed by atoms with Crippen LogP contribution in [0.25, 0.3) is 0 Å². The summed E-state index contributed by atoms with van der Waals surface area (Å²) in [5.41, 5.74) is 5.36. The highest BCUT2D eigenvalue weighted by Crippen LogP contribution is 2.03. The molecule has 30 heavy (non-hydrogen) atoms. The van der Waals surface area contributed by atoms with E-state index in [2.05, 4.69) is 0 Å². The Morgan fingerprint density at radius 1 is 0.667 bits per heavy atom. The Kier molecular flexibility index (Phi) is 11.5. The fourth-order valence-electron chi connectivity index (χ4n) is 3.22. The van der Waals surface area contributed by atoms with E-state index in [1.165, 1.54) is 0 Å². The molecule has 0 atom stereocenters. The zero-order chi connectivity index (χ0) is 22.7. The Labute approximate surface area is 177 Å². The lowest BCUT2D eigenvalue weighted by molar-refractivity contribution is -0.140. The maximum Gasteiger partial charge on any atom is 0.317 e. The highest BCUT2D eigenvalue weighted by Gasteiger charge is 2.21. The molecule has 0 unspecified atom stereocenters. The second kappa shape index (κ2) is 13.3. The molecule has 0 bridgehead atoms. The van der Waals surface area contributed by atoms with Gasteiger partial charge in [-0.15, -0.1) is 0 Å². The average molecular weight is 430 g/mol. The second-order valence-corrected chi connectivity index (χ2v) is 7.98. The van der Waals surface area contributed by atoms with Crippen LogP contribution >= 0.6 is 0 Å². The Morgan fingerprint density at radius 2 is 0.967 bits per heavy atom. The number of nitrogens with zero attached hydrogens (tertiary/aromatic N) is 4. The van der Waals surface area contributed by atoms with E-state index in [-0.39, 0.29) is 37.9 Å². The highest BCUT2D eigenvalue weighted by atomic mass is 16.4. The smallest absolute Gasteiger partial charge is 0.317 e. The summed E-state index contributed by atoms with van der Waals surface area (Å²) in [5.74, 6) is -2.39. The van der Waals surface area contributed by atoms with E-state index in [0.717, 1.165) is 0 Å². The summed E-state index contributed by atoms with van der Waals surface area (Å²) in [5, 5.41) is 18.4. The van der Waals surface area contributed by atoms with Gasteiger partial charge >= 0.3 is 11.9 Å². The number of Topliss-reactive ketones (excluding diaryl/α,β-unsaturated/α-hetero) is 1. The number of aliphatic carboxylic acids is 2. The number of ketones is 1. The molecule has 0 saturated carbocycles. The lowest BCUT2D eigenvalue weighted by Crippen LogP contribution is -2.49. The van der Waals surface area contributed by atoms with Gasteiger partial charge in [-0.05, 0) is 0 Å². The summed E-state index contributed by atoms with van der Waals surface area (Å²) in [4.78, 5) is 53.4. The van der Waals surface area contributed by atoms with Gasteiger partial charge in [-0.1, -0.05) is 13.8 Å². The zero-order valence-corrected chi connectivity index (χ0v) is 18.0. The van der Waals surface area contributed by atoms with Crippen LogP contribution < -0.4 is 5.73 Å². The molecule has 0 aliphatic carbocycles. The van der Waals surface area contributed by atoms with Crippen molar-refractivity contribution in [2.75, 3.05) is 78.5 Å². The van der Waals surface area contributed by atoms with Crippen molar-refractivity contribution >= 4 is 23.6 Å². The van der Waals surface area contributed by atoms with Gasteiger partial charge in [0.05, 0.1) is 26.2 Å². The normalized spacial score (nSPS) is 19.2. The van der Waals surface area contributed by atoms with Crippen LogP contribution in [0.1, 0.15) is 13.8 Å². The Bertz CT molecular complexity index is 568. The van der Waals surface area contributed by atoms with Crippen molar-refractivity contribution in [3.8, 4) is 0 Å². The van der Waals surface area contributed by atoms with Crippen molar-refractivity contribution < 1.29 is 29.4 Å². The van der Waals surface area contributed by atoms with Crippen LogP contribution in [0.3, 0.4) is 0 Å². The van der Waals surface area contributed by atoms with Crippen LogP contribution in [0.4, 0.5) is 0 Å². The lowest BCUT2D eigenvalue weighted by atomic mass is 10.1. The van der Waals surface area contributed by atoms with Gasteiger partial charge in [0.2, 0.25) is 5.91 Å². The van der Waals surface area contributed by atoms with Crippen molar-refractivity contribution in [1.29, 1.82) is 0 Å². The minimum absolute atomic E-state index is 0.0536. The molecule has 0 aromatic heterocycles. The number of carbonyl (C=O) groups excluding carboxylic acids is 2. The number of rotatable bonds is 9. The predicted octanol–water partition coefficient (Wildman–Crippen LogP) is -1.91. The van der Waals surface area contributed by atoms with E-state index in [4.69, 9.17) is 10.8 Å². The summed E-state index contributed by atoms with van der Waals surface area (Å²) in [6.07, 6.45) is 0. The fraction of sp³-hybridized carbons (Fsp3) is 0.789. The summed E-state index contributed by atoms with van der Waals surface area (Å²) in [6, 6.07) is 0. The first-order valence-corrected chi connectivity index (χ1v) is 10.2. The fourth-order valence-corrected chi connectivity index (χ4v) is 3.22. The van der Waals surface area contributed by atoms with Crippen LogP contribution in [-0.4, -0.2) is 132 Å². The van der Waals surface area contributed by atoms with Gasteiger partial charge in [0, 0.05) is 58.3 Å². The number of carboxylic acid groups (broad SMARTS) is 2. The van der Waals surface area contributed by atoms with E-state index in [9.17, 15) is 24.3 Å². The van der Waals surface area contributed by atoms with Crippen LogP contribution in [0.15, 0.2) is 0 Å². The Hall–Kier alpha value is -2.08. The average Bonchev–Trinajstić information content (AvgIpc) is 2.62. The van der Waals surface area contributed by atoms with E-state index in [1.807, 2.05) is 23.6 Å². The van der Waals surface area contributed by atoms with E-state index >= 15 is 0 Å². The zero-order valence-electron chi connectivity index (χ0n) is 18.0. The number of carbonyl (C=O) groups is 4. The molecule has 1 rings (SSSR count). The molecule has 0 radical (unpaired) electrons. The van der Waals surface area contributed by atoms with Gasteiger partial charge in [0.1, 0.15) is 5.78 Å². The Morgan fingerprint density at radius 3 is 1.23 bits per heavy atom. The van der Waals surface area contributed by atoms with Gasteiger partial charge in [0.15, 0.2) is 0 Å². The first-order valence-electron chi connectivity index (χ1n) is 10.2. The number of hydrogen-bond acceptors (Lipinski definition) is 8. The molecule has 172 valence electrons. The minimum Gasteiger partial charge on any atom is -0.480 e. The number of carboxylic acids is 2. The molecule has 11 heteroatoms. The molecule has 1 heterocycles. The third-order valence-corrected chi connectivity index (χ3v) is 5.05. The molecule has 1 fully saturated rings. The molecule has 1 saturated heterocycles. The van der Waals surface area contributed by atoms with E-state index < -0.39 is 17.8 Å². The number of primary amides is 1. The van der Waals surface area contributed by atoms with Crippen molar-refractivity contribution in [1.82, 2.24) is 19.6 Å². The third kappa shape index (κ3) is 11.2. The van der Waals surface area contributed by atoms with Gasteiger partial charge in [-0.2, -0.15) is 0 Å². The molecule has 0 spiro atoms. The monoisotopic (exact) mass is 429 g/mol. The third-order valence-electron chi connectivity index (χ3n) is 5.05. The van der Waals surface area contributed by atoms with Crippen molar-refractivity contribution in [3.63, 3.8) is 0 Å². The molecular weight excluding hydrogens is 394 g/mol. The Balaban J connectivity index is 2.95. The molecule has 1 aliphatic heterocycles. The number of amides is 1. The maximum absolute atomic E-state index is 12.3. The molecule has 1 amide bonds. The highest BCUT2D eigenvalue weighted by molar-refractivity contribution is 5.82. The summed E-state index contributed by atoms with van der Waals surface area (Å²) >= 11 is 0. The lowest BCUT2D eigenvalue weighted by Gasteiger charge is -2.33. The van der Waals surface area contributed by atoms with E-state index in [0.29, 0.717) is 52.4 Å². The largest absolute Gasteiger partial charge is 0.480 e. The van der Waals surface area contributed by atoms with Crippen LogP contribution in [0.5, 0.6) is 0 Å². The maximum atomic E-state index is 12.3. The van der Waals surface area contributed by atoms with Crippen molar-refractivity contribution in [2.45, 2.75) is 13.8 Å². The first-order chi connectivity index (χ1) is 14.1.